The lowest BCUT2D eigenvalue weighted by molar-refractivity contribution is -0.385. The highest BCUT2D eigenvalue weighted by Gasteiger charge is 2.26. The number of carbonyl (C=O) groups is 1. The molecule has 0 aliphatic rings. The summed E-state index contributed by atoms with van der Waals surface area (Å²) in [6.45, 7) is 0. The number of phenolic OH excluding ortho intramolecular Hbond substituents is 1. The fourth-order valence-corrected chi connectivity index (χ4v) is 5.02. The Kier molecular flexibility index (Phi) is 6.31. The minimum absolute atomic E-state index is 0.416. The van der Waals surface area contributed by atoms with E-state index in [2.05, 4.69) is 5.32 Å². The number of nitrogens with zero attached hydrogens (tertiary/aromatic N) is 1. The first-order valence-electron chi connectivity index (χ1n) is 8.73. The number of non-ortho nitro benzene ring substituents is 1. The predicted octanol–water partition coefficient (Wildman–Crippen LogP) is 1.45. The third-order valence-corrected chi connectivity index (χ3v) is 7.19. The maximum Gasteiger partial charge on any atom is 0.295 e. The highest BCUT2D eigenvalue weighted by atomic mass is 32.2. The Morgan fingerprint density at radius 1 is 0.829 bits per heavy atom. The van der Waals surface area contributed by atoms with E-state index in [1.54, 1.807) is 0 Å². The maximum atomic E-state index is 12.8. The Labute approximate surface area is 196 Å². The van der Waals surface area contributed by atoms with Gasteiger partial charge >= 0.3 is 0 Å². The van der Waals surface area contributed by atoms with E-state index < -0.39 is 89.3 Å². The number of nitro groups is 1. The van der Waals surface area contributed by atoms with Gasteiger partial charge in [-0.05, 0) is 24.3 Å². The summed E-state index contributed by atoms with van der Waals surface area (Å²) in [6.07, 6.45) is 0. The van der Waals surface area contributed by atoms with E-state index in [9.17, 15) is 58.9 Å². The molecule has 18 heteroatoms. The topological polar surface area (TPSA) is 256 Å². The van der Waals surface area contributed by atoms with Crippen LogP contribution in [0.5, 0.6) is 5.75 Å². The van der Waals surface area contributed by atoms with Gasteiger partial charge < -0.3 is 10.4 Å². The predicted molar refractivity (Wildman–Crippen MR) is 116 cm³/mol. The van der Waals surface area contributed by atoms with E-state index in [1.165, 1.54) is 0 Å². The molecule has 35 heavy (non-hydrogen) atoms. The molecular formula is C17H12N2O13S3. The van der Waals surface area contributed by atoms with Gasteiger partial charge in [0, 0.05) is 29.0 Å². The van der Waals surface area contributed by atoms with E-state index in [1.807, 2.05) is 0 Å². The summed E-state index contributed by atoms with van der Waals surface area (Å²) in [5, 5.41) is 22.2. The third kappa shape index (κ3) is 5.21. The summed E-state index contributed by atoms with van der Waals surface area (Å²) in [5.41, 5.74) is -1.98. The molecule has 0 saturated carbocycles. The number of hydrogen-bond donors (Lipinski definition) is 5. The number of anilines is 1. The van der Waals surface area contributed by atoms with Crippen molar-refractivity contribution < 1.29 is 53.7 Å². The van der Waals surface area contributed by atoms with Gasteiger partial charge in [0.1, 0.15) is 15.5 Å². The minimum Gasteiger partial charge on any atom is -0.507 e. The van der Waals surface area contributed by atoms with E-state index in [0.717, 1.165) is 12.1 Å². The monoisotopic (exact) mass is 548 g/mol. The number of benzene rings is 3. The molecule has 0 aromatic heterocycles. The molecule has 0 fully saturated rings. The molecule has 0 radical (unpaired) electrons. The summed E-state index contributed by atoms with van der Waals surface area (Å²) in [5.74, 6) is -2.28. The molecule has 0 spiro atoms. The average molecular weight is 548 g/mol. The van der Waals surface area contributed by atoms with E-state index in [4.69, 9.17) is 0 Å². The molecule has 0 aliphatic carbocycles. The first-order chi connectivity index (χ1) is 15.9. The smallest absolute Gasteiger partial charge is 0.295 e. The summed E-state index contributed by atoms with van der Waals surface area (Å²) < 4.78 is 97.9. The van der Waals surface area contributed by atoms with Gasteiger partial charge in [0.15, 0.2) is 0 Å². The van der Waals surface area contributed by atoms with Crippen molar-refractivity contribution in [2.75, 3.05) is 5.32 Å². The first-order valence-corrected chi connectivity index (χ1v) is 13.1. The van der Waals surface area contributed by atoms with Gasteiger partial charge in [-0.3, -0.25) is 28.6 Å². The fraction of sp³-hybridized carbons (Fsp3) is 0. The highest BCUT2D eigenvalue weighted by molar-refractivity contribution is 7.86. The van der Waals surface area contributed by atoms with Crippen molar-refractivity contribution in [2.45, 2.75) is 14.7 Å². The number of rotatable bonds is 6. The second-order valence-corrected chi connectivity index (χ2v) is 11.0. The zero-order chi connectivity index (χ0) is 26.5. The zero-order valence-corrected chi connectivity index (χ0v) is 19.1. The molecule has 3 aromatic carbocycles. The molecule has 1 amide bonds. The van der Waals surface area contributed by atoms with Crippen molar-refractivity contribution in [1.82, 2.24) is 0 Å². The number of fused-ring (bicyclic) bond motifs is 1. The molecule has 0 heterocycles. The summed E-state index contributed by atoms with van der Waals surface area (Å²) >= 11 is 0. The number of hydrogen-bond acceptors (Lipinski definition) is 10. The molecule has 5 N–H and O–H groups in total. The van der Waals surface area contributed by atoms with Crippen LogP contribution in [0.15, 0.2) is 57.2 Å². The van der Waals surface area contributed by atoms with Crippen molar-refractivity contribution >= 4 is 58.4 Å². The van der Waals surface area contributed by atoms with E-state index in [0.29, 0.717) is 30.3 Å². The first kappa shape index (κ1) is 25.9. The summed E-state index contributed by atoms with van der Waals surface area (Å²) in [7, 11) is -15.1. The molecule has 0 unspecified atom stereocenters. The summed E-state index contributed by atoms with van der Waals surface area (Å²) in [6, 6.07) is 4.55. The summed E-state index contributed by atoms with van der Waals surface area (Å²) in [4.78, 5) is 19.7. The molecule has 0 bridgehead atoms. The van der Waals surface area contributed by atoms with Crippen LogP contribution in [0, 0.1) is 10.1 Å². The van der Waals surface area contributed by atoms with Crippen molar-refractivity contribution in [3.05, 3.63) is 58.1 Å². The second kappa shape index (κ2) is 8.52. The number of aromatic hydroxyl groups is 1. The van der Waals surface area contributed by atoms with Crippen LogP contribution in [0.1, 0.15) is 10.4 Å². The molecule has 3 rings (SSSR count). The molecule has 15 nitrogen and oxygen atoms in total. The Bertz CT molecular complexity index is 1750. The van der Waals surface area contributed by atoms with Gasteiger partial charge in [-0.2, -0.15) is 25.3 Å². The quantitative estimate of drug-likeness (QED) is 0.166. The van der Waals surface area contributed by atoms with Crippen molar-refractivity contribution in [2.24, 2.45) is 0 Å². The lowest BCUT2D eigenvalue weighted by Crippen LogP contribution is -2.17. The zero-order valence-electron chi connectivity index (χ0n) is 16.7. The number of phenols is 1. The highest BCUT2D eigenvalue weighted by Crippen LogP contribution is 2.38. The number of nitro benzene ring substituents is 1. The fourth-order valence-electron chi connectivity index (χ4n) is 3.10. The molecule has 3 aromatic rings. The van der Waals surface area contributed by atoms with Gasteiger partial charge in [-0.15, -0.1) is 0 Å². The second-order valence-electron chi connectivity index (χ2n) is 6.79. The lowest BCUT2D eigenvalue weighted by Gasteiger charge is -2.14. The molecule has 186 valence electrons. The van der Waals surface area contributed by atoms with Crippen LogP contribution in [0.25, 0.3) is 10.8 Å². The number of carbonyl (C=O) groups excluding carboxylic acids is 1. The van der Waals surface area contributed by atoms with Crippen LogP contribution < -0.4 is 5.32 Å². The van der Waals surface area contributed by atoms with Crippen LogP contribution in [-0.2, 0) is 30.4 Å². The Morgan fingerprint density at radius 2 is 1.43 bits per heavy atom. The number of nitrogens with one attached hydrogen (secondary N) is 1. The van der Waals surface area contributed by atoms with Crippen molar-refractivity contribution in [3.8, 4) is 5.75 Å². The molecule has 0 saturated heterocycles. The van der Waals surface area contributed by atoms with Crippen LogP contribution >= 0.6 is 0 Å². The standard InChI is InChI=1S/C17H12N2O13S3/c20-13-7-9(33(24,25)26)6-11-14(34(27,28)29)4-3-12(16(11)13)18-17(21)10-2-1-8(19(22)23)5-15(10)35(30,31)32/h1-7,20H,(H,18,21)(H,24,25,26)(H,27,28,29)(H,30,31,32). The van der Waals surface area contributed by atoms with Crippen LogP contribution in [-0.4, -0.2) is 54.8 Å². The largest absolute Gasteiger partial charge is 0.507 e. The molecule has 0 atom stereocenters. The normalized spacial score (nSPS) is 12.4. The maximum absolute atomic E-state index is 12.8. The van der Waals surface area contributed by atoms with Crippen molar-refractivity contribution in [3.63, 3.8) is 0 Å². The van der Waals surface area contributed by atoms with Crippen LogP contribution in [0.4, 0.5) is 11.4 Å². The van der Waals surface area contributed by atoms with Crippen LogP contribution in [0.2, 0.25) is 0 Å². The van der Waals surface area contributed by atoms with Gasteiger partial charge in [0.25, 0.3) is 41.9 Å². The van der Waals surface area contributed by atoms with Gasteiger partial charge in [0.05, 0.1) is 21.1 Å². The lowest BCUT2D eigenvalue weighted by atomic mass is 10.1. The average Bonchev–Trinajstić information content (AvgIpc) is 2.70. The minimum atomic E-state index is -5.15. The molecule has 0 aliphatic heterocycles. The SMILES string of the molecule is O=C(Nc1ccc(S(=O)(=O)O)c2cc(S(=O)(=O)O)cc(O)c12)c1ccc([N+](=O)[O-])cc1S(=O)(=O)O. The van der Waals surface area contributed by atoms with Gasteiger partial charge in [0.2, 0.25) is 0 Å². The van der Waals surface area contributed by atoms with Gasteiger partial charge in [-0.1, -0.05) is 0 Å². The Hall–Kier alpha value is -3.68. The van der Waals surface area contributed by atoms with E-state index in [-0.39, 0.29) is 0 Å². The molecular weight excluding hydrogens is 536 g/mol. The van der Waals surface area contributed by atoms with Gasteiger partial charge in [-0.25, -0.2) is 0 Å². The third-order valence-electron chi connectivity index (χ3n) is 4.55. The van der Waals surface area contributed by atoms with E-state index >= 15 is 0 Å². The van der Waals surface area contributed by atoms with Crippen LogP contribution in [0.3, 0.4) is 0 Å². The Morgan fingerprint density at radius 3 is 1.94 bits per heavy atom. The number of amides is 1. The Balaban J connectivity index is 2.26. The van der Waals surface area contributed by atoms with Crippen molar-refractivity contribution in [1.29, 1.82) is 0 Å².